The van der Waals surface area contributed by atoms with Crippen LogP contribution in [0.5, 0.6) is 0 Å². The molecule has 8 heavy (non-hydrogen) atoms. The Morgan fingerprint density at radius 3 is 2.88 bits per heavy atom. The maximum Gasteiger partial charge on any atom is 0.117 e. The number of hydrogen-bond donors (Lipinski definition) is 2. The number of rotatable bonds is 0. The molecule has 1 unspecified atom stereocenters. The molecule has 1 rings (SSSR count). The third-order valence-corrected chi connectivity index (χ3v) is 1.36. The first-order valence-electron chi connectivity index (χ1n) is 2.89. The molecular weight excluding hydrogens is 104 g/mol. The molecule has 0 amide bonds. The molecule has 0 bridgehead atoms. The average Bonchev–Trinajstić information content (AvgIpc) is 1.64. The summed E-state index contributed by atoms with van der Waals surface area (Å²) in [4.78, 5) is 2.10. The van der Waals surface area contributed by atoms with Crippen molar-refractivity contribution in [2.24, 2.45) is 0 Å². The van der Waals surface area contributed by atoms with Crippen LogP contribution in [0.2, 0.25) is 0 Å². The molecule has 1 saturated heterocycles. The molecule has 0 aromatic heterocycles. The number of piperazine rings is 1. The van der Waals surface area contributed by atoms with E-state index in [-0.39, 0.29) is 6.23 Å². The largest absolute Gasteiger partial charge is 0.377 e. The van der Waals surface area contributed by atoms with Gasteiger partial charge in [-0.1, -0.05) is 0 Å². The van der Waals surface area contributed by atoms with E-state index in [1.807, 2.05) is 7.05 Å². The van der Waals surface area contributed by atoms with Crippen LogP contribution in [0.4, 0.5) is 0 Å². The van der Waals surface area contributed by atoms with E-state index in [4.69, 9.17) is 5.11 Å². The zero-order valence-corrected chi connectivity index (χ0v) is 5.09. The van der Waals surface area contributed by atoms with Crippen molar-refractivity contribution >= 4 is 0 Å². The van der Waals surface area contributed by atoms with Crippen molar-refractivity contribution in [3.63, 3.8) is 0 Å². The van der Waals surface area contributed by atoms with Gasteiger partial charge in [0.1, 0.15) is 6.23 Å². The molecule has 1 aliphatic heterocycles. The summed E-state index contributed by atoms with van der Waals surface area (Å²) in [6, 6.07) is 0. The van der Waals surface area contributed by atoms with Crippen molar-refractivity contribution < 1.29 is 5.11 Å². The normalized spacial score (nSPS) is 33.0. The molecule has 1 atom stereocenters. The third kappa shape index (κ3) is 1.43. The van der Waals surface area contributed by atoms with Crippen molar-refractivity contribution in [1.82, 2.24) is 10.2 Å². The van der Waals surface area contributed by atoms with E-state index in [2.05, 4.69) is 10.2 Å². The van der Waals surface area contributed by atoms with Gasteiger partial charge in [-0.2, -0.15) is 0 Å². The van der Waals surface area contributed by atoms with Crippen molar-refractivity contribution in [3.8, 4) is 0 Å². The quantitative estimate of drug-likeness (QED) is 0.419. The van der Waals surface area contributed by atoms with Crippen LogP contribution < -0.4 is 5.32 Å². The topological polar surface area (TPSA) is 35.5 Å². The van der Waals surface area contributed by atoms with Crippen LogP contribution in [0.3, 0.4) is 0 Å². The number of β-amino-alcohol motifs (C(OH)–C–C–N with tert-alkyl or cyclic N) is 1. The Kier molecular flexibility index (Phi) is 1.83. The van der Waals surface area contributed by atoms with Gasteiger partial charge >= 0.3 is 0 Å². The highest BCUT2D eigenvalue weighted by molar-refractivity contribution is 4.66. The second kappa shape index (κ2) is 2.44. The van der Waals surface area contributed by atoms with Gasteiger partial charge in [0.05, 0.1) is 0 Å². The fourth-order valence-corrected chi connectivity index (χ4v) is 0.873. The Morgan fingerprint density at radius 2 is 2.50 bits per heavy atom. The van der Waals surface area contributed by atoms with Crippen LogP contribution in [0.25, 0.3) is 0 Å². The standard InChI is InChI=1S/C5H12N2O/c1-7-3-2-6-5(8)4-7/h5-6,8H,2-4H2,1H3. The van der Waals surface area contributed by atoms with E-state index >= 15 is 0 Å². The van der Waals surface area contributed by atoms with Gasteiger partial charge in [0.25, 0.3) is 0 Å². The smallest absolute Gasteiger partial charge is 0.117 e. The van der Waals surface area contributed by atoms with E-state index in [9.17, 15) is 0 Å². The Bertz CT molecular complexity index is 68.8. The van der Waals surface area contributed by atoms with Gasteiger partial charge in [-0.15, -0.1) is 0 Å². The Balaban J connectivity index is 2.23. The molecule has 0 radical (unpaired) electrons. The molecule has 0 aliphatic carbocycles. The third-order valence-electron chi connectivity index (χ3n) is 1.36. The maximum absolute atomic E-state index is 8.93. The average molecular weight is 116 g/mol. The molecule has 1 fully saturated rings. The Morgan fingerprint density at radius 1 is 1.75 bits per heavy atom. The highest BCUT2D eigenvalue weighted by Gasteiger charge is 2.11. The van der Waals surface area contributed by atoms with Gasteiger partial charge in [0, 0.05) is 19.6 Å². The monoisotopic (exact) mass is 116 g/mol. The molecule has 3 nitrogen and oxygen atoms in total. The van der Waals surface area contributed by atoms with Crippen molar-refractivity contribution in [1.29, 1.82) is 0 Å². The fourth-order valence-electron chi connectivity index (χ4n) is 0.873. The van der Waals surface area contributed by atoms with Crippen molar-refractivity contribution in [3.05, 3.63) is 0 Å². The Hall–Kier alpha value is -0.120. The van der Waals surface area contributed by atoms with Gasteiger partial charge in [0.15, 0.2) is 0 Å². The molecule has 48 valence electrons. The van der Waals surface area contributed by atoms with Crippen LogP contribution in [-0.2, 0) is 0 Å². The number of aliphatic hydroxyl groups is 1. The number of nitrogens with one attached hydrogen (secondary N) is 1. The summed E-state index contributed by atoms with van der Waals surface area (Å²) >= 11 is 0. The molecule has 0 saturated carbocycles. The lowest BCUT2D eigenvalue weighted by Crippen LogP contribution is -2.48. The highest BCUT2D eigenvalue weighted by Crippen LogP contribution is 1.90. The lowest BCUT2D eigenvalue weighted by molar-refractivity contribution is 0.0669. The van der Waals surface area contributed by atoms with Crippen molar-refractivity contribution in [2.45, 2.75) is 6.23 Å². The lowest BCUT2D eigenvalue weighted by Gasteiger charge is -2.26. The number of aliphatic hydroxyl groups excluding tert-OH is 1. The summed E-state index contributed by atoms with van der Waals surface area (Å²) in [5.41, 5.74) is 0. The van der Waals surface area contributed by atoms with E-state index in [0.717, 1.165) is 19.6 Å². The minimum Gasteiger partial charge on any atom is -0.377 e. The number of hydrogen-bond acceptors (Lipinski definition) is 3. The van der Waals surface area contributed by atoms with E-state index in [1.165, 1.54) is 0 Å². The SMILES string of the molecule is CN1CCNC(O)C1. The molecule has 0 aromatic carbocycles. The predicted molar refractivity (Wildman–Crippen MR) is 31.5 cm³/mol. The molecule has 0 aromatic rings. The van der Waals surface area contributed by atoms with Crippen LogP contribution in [0.1, 0.15) is 0 Å². The van der Waals surface area contributed by atoms with Gasteiger partial charge in [0.2, 0.25) is 0 Å². The van der Waals surface area contributed by atoms with Gasteiger partial charge < -0.3 is 10.0 Å². The highest BCUT2D eigenvalue weighted by atomic mass is 16.3. The predicted octanol–water partition coefficient (Wildman–Crippen LogP) is -1.16. The zero-order chi connectivity index (χ0) is 5.98. The summed E-state index contributed by atoms with van der Waals surface area (Å²) in [7, 11) is 2.00. The van der Waals surface area contributed by atoms with E-state index < -0.39 is 0 Å². The molecule has 1 aliphatic rings. The second-order valence-electron chi connectivity index (χ2n) is 2.23. The fraction of sp³-hybridized carbons (Fsp3) is 1.00. The first-order chi connectivity index (χ1) is 3.79. The van der Waals surface area contributed by atoms with E-state index in [1.54, 1.807) is 0 Å². The van der Waals surface area contributed by atoms with Crippen LogP contribution in [-0.4, -0.2) is 42.9 Å². The zero-order valence-electron chi connectivity index (χ0n) is 5.09. The summed E-state index contributed by atoms with van der Waals surface area (Å²) in [6.45, 7) is 2.69. The Labute approximate surface area is 49.3 Å². The van der Waals surface area contributed by atoms with Gasteiger partial charge in [-0.3, -0.25) is 5.32 Å². The van der Waals surface area contributed by atoms with Crippen LogP contribution in [0, 0.1) is 0 Å². The van der Waals surface area contributed by atoms with Gasteiger partial charge in [-0.25, -0.2) is 0 Å². The van der Waals surface area contributed by atoms with Crippen LogP contribution >= 0.6 is 0 Å². The molecule has 0 spiro atoms. The number of likely N-dealkylation sites (N-methyl/N-ethyl adjacent to an activating group) is 1. The maximum atomic E-state index is 8.93. The molecule has 3 heteroatoms. The molecular formula is C5H12N2O. The van der Waals surface area contributed by atoms with Gasteiger partial charge in [-0.05, 0) is 7.05 Å². The minimum absolute atomic E-state index is 0.311. The summed E-state index contributed by atoms with van der Waals surface area (Å²) in [5, 5.41) is 11.9. The summed E-state index contributed by atoms with van der Waals surface area (Å²) in [6.07, 6.45) is -0.311. The minimum atomic E-state index is -0.311. The molecule has 2 N–H and O–H groups in total. The second-order valence-corrected chi connectivity index (χ2v) is 2.23. The first-order valence-corrected chi connectivity index (χ1v) is 2.89. The number of nitrogens with zero attached hydrogens (tertiary/aromatic N) is 1. The summed E-state index contributed by atoms with van der Waals surface area (Å²) < 4.78 is 0. The van der Waals surface area contributed by atoms with E-state index in [0.29, 0.717) is 0 Å². The first kappa shape index (κ1) is 6.01. The molecule has 1 heterocycles. The summed E-state index contributed by atoms with van der Waals surface area (Å²) in [5.74, 6) is 0. The lowest BCUT2D eigenvalue weighted by atomic mass is 10.4. The van der Waals surface area contributed by atoms with Crippen molar-refractivity contribution in [2.75, 3.05) is 26.7 Å². The van der Waals surface area contributed by atoms with Crippen LogP contribution in [0.15, 0.2) is 0 Å².